The zero-order valence-corrected chi connectivity index (χ0v) is 13.0. The predicted molar refractivity (Wildman–Crippen MR) is 79.0 cm³/mol. The molecule has 0 spiro atoms. The second-order valence-corrected chi connectivity index (χ2v) is 6.92. The summed E-state index contributed by atoms with van der Waals surface area (Å²) in [5.41, 5.74) is 0.758. The van der Waals surface area contributed by atoms with Gasteiger partial charge in [0.2, 0.25) is 0 Å². The van der Waals surface area contributed by atoms with Crippen LogP contribution in [-0.4, -0.2) is 4.83 Å². The van der Waals surface area contributed by atoms with Crippen LogP contribution in [0.4, 0.5) is 4.39 Å². The molecule has 0 radical (unpaired) electrons. The van der Waals surface area contributed by atoms with Crippen LogP contribution in [0.1, 0.15) is 38.2 Å². The minimum Gasteiger partial charge on any atom is -0.207 e. The van der Waals surface area contributed by atoms with E-state index in [4.69, 9.17) is 11.6 Å². The number of rotatable bonds is 3. The van der Waals surface area contributed by atoms with Gasteiger partial charge in [0.15, 0.2) is 0 Å². The van der Waals surface area contributed by atoms with Crippen molar-refractivity contribution in [2.45, 2.75) is 43.9 Å². The van der Waals surface area contributed by atoms with Crippen molar-refractivity contribution in [1.82, 2.24) is 0 Å². The van der Waals surface area contributed by atoms with E-state index in [2.05, 4.69) is 22.9 Å². The van der Waals surface area contributed by atoms with Gasteiger partial charge in [0.1, 0.15) is 5.82 Å². The molecule has 0 saturated heterocycles. The van der Waals surface area contributed by atoms with Crippen molar-refractivity contribution in [3.63, 3.8) is 0 Å². The van der Waals surface area contributed by atoms with Crippen molar-refractivity contribution >= 4 is 27.5 Å². The minimum absolute atomic E-state index is 0.127. The lowest BCUT2D eigenvalue weighted by atomic mass is 9.77. The van der Waals surface area contributed by atoms with Gasteiger partial charge < -0.3 is 0 Å². The summed E-state index contributed by atoms with van der Waals surface area (Å²) in [6.07, 6.45) is 5.71. The van der Waals surface area contributed by atoms with Gasteiger partial charge in [0.25, 0.3) is 0 Å². The van der Waals surface area contributed by atoms with Gasteiger partial charge in [0.05, 0.1) is 0 Å². The van der Waals surface area contributed by atoms with Gasteiger partial charge in [-0.3, -0.25) is 0 Å². The average molecular weight is 334 g/mol. The topological polar surface area (TPSA) is 0 Å². The van der Waals surface area contributed by atoms with Gasteiger partial charge in [-0.15, -0.1) is 0 Å². The van der Waals surface area contributed by atoms with Crippen LogP contribution >= 0.6 is 27.5 Å². The third-order valence-corrected chi connectivity index (χ3v) is 5.51. The lowest BCUT2D eigenvalue weighted by Gasteiger charge is -2.33. The molecule has 1 aliphatic carbocycles. The molecule has 1 saturated carbocycles. The van der Waals surface area contributed by atoms with Crippen LogP contribution in [0.15, 0.2) is 18.2 Å². The van der Waals surface area contributed by atoms with E-state index in [-0.39, 0.29) is 5.82 Å². The van der Waals surface area contributed by atoms with Crippen molar-refractivity contribution in [3.8, 4) is 0 Å². The van der Waals surface area contributed by atoms with Crippen molar-refractivity contribution < 1.29 is 4.39 Å². The van der Waals surface area contributed by atoms with Gasteiger partial charge in [-0.25, -0.2) is 4.39 Å². The van der Waals surface area contributed by atoms with Crippen molar-refractivity contribution in [2.75, 3.05) is 0 Å². The van der Waals surface area contributed by atoms with Gasteiger partial charge in [-0.1, -0.05) is 40.9 Å². The molecule has 3 heteroatoms. The maximum absolute atomic E-state index is 13.8. The normalized spacial score (nSPS) is 28.3. The molecule has 1 aromatic rings. The van der Waals surface area contributed by atoms with E-state index in [0.717, 1.165) is 17.9 Å². The lowest BCUT2D eigenvalue weighted by Crippen LogP contribution is -2.26. The van der Waals surface area contributed by atoms with Gasteiger partial charge in [-0.2, -0.15) is 0 Å². The van der Waals surface area contributed by atoms with E-state index in [9.17, 15) is 4.39 Å². The van der Waals surface area contributed by atoms with E-state index in [1.165, 1.54) is 31.7 Å². The Hall–Kier alpha value is -0.0800. The Balaban J connectivity index is 2.09. The monoisotopic (exact) mass is 332 g/mol. The Morgan fingerprint density at radius 2 is 2.17 bits per heavy atom. The van der Waals surface area contributed by atoms with E-state index >= 15 is 0 Å². The van der Waals surface area contributed by atoms with Crippen LogP contribution in [0, 0.1) is 17.7 Å². The van der Waals surface area contributed by atoms with Crippen molar-refractivity contribution in [2.24, 2.45) is 11.8 Å². The number of hydrogen-bond donors (Lipinski definition) is 0. The van der Waals surface area contributed by atoms with Crippen molar-refractivity contribution in [3.05, 3.63) is 34.6 Å². The number of hydrogen-bond acceptors (Lipinski definition) is 0. The van der Waals surface area contributed by atoms with Crippen molar-refractivity contribution in [1.29, 1.82) is 0 Å². The highest BCUT2D eigenvalue weighted by Gasteiger charge is 2.28. The zero-order valence-electron chi connectivity index (χ0n) is 10.6. The predicted octanol–water partition coefficient (Wildman–Crippen LogP) is 5.61. The lowest BCUT2D eigenvalue weighted by molar-refractivity contribution is 0.269. The first kappa shape index (κ1) is 14.3. The molecule has 2 rings (SSSR count). The first-order valence-electron chi connectivity index (χ1n) is 6.68. The number of alkyl halides is 1. The standard InChI is InChI=1S/C15H19BrClF/c1-2-10-3-5-14(16)11(7-10)8-12-9-13(17)4-6-15(12)18/h4,6,9-11,14H,2-3,5,7-8H2,1H3. The molecule has 0 aliphatic heterocycles. The molecular weight excluding hydrogens is 315 g/mol. The van der Waals surface area contributed by atoms with Crippen LogP contribution in [-0.2, 0) is 6.42 Å². The van der Waals surface area contributed by atoms with Gasteiger partial charge in [0, 0.05) is 9.85 Å². The first-order chi connectivity index (χ1) is 8.60. The molecule has 0 bridgehead atoms. The van der Waals surface area contributed by atoms with Crippen LogP contribution in [0.25, 0.3) is 0 Å². The fourth-order valence-corrected chi connectivity index (χ4v) is 3.75. The Labute approximate surface area is 122 Å². The van der Waals surface area contributed by atoms with Crippen LogP contribution < -0.4 is 0 Å². The Bertz CT molecular complexity index is 407. The van der Waals surface area contributed by atoms with Crippen LogP contribution in [0.5, 0.6) is 0 Å². The quantitative estimate of drug-likeness (QED) is 0.631. The molecule has 1 aliphatic rings. The zero-order chi connectivity index (χ0) is 13.1. The third kappa shape index (κ3) is 3.48. The minimum atomic E-state index is -0.127. The van der Waals surface area contributed by atoms with E-state index in [1.807, 2.05) is 0 Å². The summed E-state index contributed by atoms with van der Waals surface area (Å²) in [5, 5.41) is 0.625. The van der Waals surface area contributed by atoms with Gasteiger partial charge in [-0.05, 0) is 61.3 Å². The van der Waals surface area contributed by atoms with Gasteiger partial charge >= 0.3 is 0 Å². The molecule has 0 aromatic heterocycles. The second-order valence-electron chi connectivity index (χ2n) is 5.30. The first-order valence-corrected chi connectivity index (χ1v) is 7.97. The molecule has 100 valence electrons. The molecule has 0 N–H and O–H groups in total. The highest BCUT2D eigenvalue weighted by molar-refractivity contribution is 9.09. The summed E-state index contributed by atoms with van der Waals surface area (Å²) < 4.78 is 13.8. The summed E-state index contributed by atoms with van der Waals surface area (Å²) in [4.78, 5) is 0.513. The summed E-state index contributed by atoms with van der Waals surface area (Å²) in [6, 6.07) is 4.86. The molecule has 0 nitrogen and oxygen atoms in total. The molecular formula is C15H19BrClF. The third-order valence-electron chi connectivity index (χ3n) is 4.07. The average Bonchev–Trinajstić information content (AvgIpc) is 2.36. The Kier molecular flexibility index (Phi) is 5.08. The molecule has 0 heterocycles. The molecule has 3 unspecified atom stereocenters. The fourth-order valence-electron chi connectivity index (χ4n) is 2.89. The highest BCUT2D eigenvalue weighted by atomic mass is 79.9. The Morgan fingerprint density at radius 1 is 1.39 bits per heavy atom. The summed E-state index contributed by atoms with van der Waals surface area (Å²) in [6.45, 7) is 2.25. The number of benzene rings is 1. The van der Waals surface area contributed by atoms with E-state index in [0.29, 0.717) is 15.8 Å². The molecule has 0 amide bonds. The SMILES string of the molecule is CCC1CCC(Br)C(Cc2cc(Cl)ccc2F)C1. The summed E-state index contributed by atoms with van der Waals surface area (Å²) in [7, 11) is 0. The summed E-state index contributed by atoms with van der Waals surface area (Å²) >= 11 is 9.70. The van der Waals surface area contributed by atoms with E-state index in [1.54, 1.807) is 12.1 Å². The fraction of sp³-hybridized carbons (Fsp3) is 0.600. The molecule has 3 atom stereocenters. The number of halogens is 3. The molecule has 1 aromatic carbocycles. The van der Waals surface area contributed by atoms with Crippen LogP contribution in [0.2, 0.25) is 5.02 Å². The maximum Gasteiger partial charge on any atom is 0.126 e. The molecule has 1 fully saturated rings. The largest absolute Gasteiger partial charge is 0.207 e. The van der Waals surface area contributed by atoms with E-state index < -0.39 is 0 Å². The highest BCUT2D eigenvalue weighted by Crippen LogP contribution is 2.37. The second kappa shape index (κ2) is 6.38. The maximum atomic E-state index is 13.8. The summed E-state index contributed by atoms with van der Waals surface area (Å²) in [5.74, 6) is 1.19. The molecule has 18 heavy (non-hydrogen) atoms. The Morgan fingerprint density at radius 3 is 2.89 bits per heavy atom. The smallest absolute Gasteiger partial charge is 0.126 e. The van der Waals surface area contributed by atoms with Crippen LogP contribution in [0.3, 0.4) is 0 Å².